The average Bonchev–Trinajstić information content (AvgIpc) is 3.09. The van der Waals surface area contributed by atoms with Crippen molar-refractivity contribution in [3.05, 3.63) is 11.1 Å². The van der Waals surface area contributed by atoms with Crippen molar-refractivity contribution in [1.82, 2.24) is 15.2 Å². The lowest BCUT2D eigenvalue weighted by Crippen LogP contribution is -2.35. The summed E-state index contributed by atoms with van der Waals surface area (Å²) in [5.74, 6) is -0.106. The molecule has 3 N–H and O–H groups in total. The van der Waals surface area contributed by atoms with Gasteiger partial charge in [0.05, 0.1) is 17.8 Å². The quantitative estimate of drug-likeness (QED) is 0.766. The van der Waals surface area contributed by atoms with Crippen molar-refractivity contribution in [2.75, 3.05) is 25.0 Å². The number of thiazole rings is 1. The number of likely N-dealkylation sites (tertiary alicyclic amines) is 1. The monoisotopic (exact) mass is 310 g/mol. The third-order valence-electron chi connectivity index (χ3n) is 4.04. The average molecular weight is 310 g/mol. The summed E-state index contributed by atoms with van der Waals surface area (Å²) in [4.78, 5) is 18.9. The molecule has 3 heterocycles. The highest BCUT2D eigenvalue weighted by Gasteiger charge is 2.28. The number of nitrogens with one attached hydrogen (secondary N) is 2. The number of carbonyl (C=O) groups is 1. The van der Waals surface area contributed by atoms with E-state index in [1.165, 1.54) is 30.6 Å². The second kappa shape index (κ2) is 6.83. The third kappa shape index (κ3) is 4.00. The van der Waals surface area contributed by atoms with Crippen molar-refractivity contribution in [3.63, 3.8) is 0 Å². The van der Waals surface area contributed by atoms with Gasteiger partial charge >= 0.3 is 0 Å². The van der Waals surface area contributed by atoms with Gasteiger partial charge < -0.3 is 15.7 Å². The lowest BCUT2D eigenvalue weighted by Gasteiger charge is -2.25. The molecule has 0 unspecified atom stereocenters. The van der Waals surface area contributed by atoms with E-state index >= 15 is 0 Å². The summed E-state index contributed by atoms with van der Waals surface area (Å²) in [5.41, 5.74) is 1.02. The number of nitrogens with zero attached hydrogens (tertiary/aromatic N) is 2. The maximum atomic E-state index is 12.0. The minimum atomic E-state index is -0.424. The Hall–Kier alpha value is -1.02. The first-order valence-electron chi connectivity index (χ1n) is 7.60. The highest BCUT2D eigenvalue weighted by molar-refractivity contribution is 7.13. The van der Waals surface area contributed by atoms with Crippen LogP contribution in [0.4, 0.5) is 5.13 Å². The van der Waals surface area contributed by atoms with E-state index in [4.69, 9.17) is 0 Å². The number of aliphatic hydroxyl groups excluding tert-OH is 1. The lowest BCUT2D eigenvalue weighted by atomic mass is 10.1. The lowest BCUT2D eigenvalue weighted by molar-refractivity contribution is -0.117. The number of anilines is 1. The van der Waals surface area contributed by atoms with E-state index in [9.17, 15) is 9.90 Å². The molecule has 116 valence electrons. The largest absolute Gasteiger partial charge is 0.392 e. The zero-order valence-electron chi connectivity index (χ0n) is 12.0. The van der Waals surface area contributed by atoms with E-state index in [1.807, 2.05) is 5.38 Å². The Labute approximate surface area is 128 Å². The maximum Gasteiger partial charge on any atom is 0.243 e. The second-order valence-electron chi connectivity index (χ2n) is 5.82. The van der Waals surface area contributed by atoms with E-state index < -0.39 is 6.10 Å². The van der Waals surface area contributed by atoms with Crippen LogP contribution in [0.1, 0.15) is 31.4 Å². The number of aliphatic hydroxyl groups is 1. The molecule has 1 amide bonds. The number of hydrogen-bond donors (Lipinski definition) is 3. The molecule has 2 saturated heterocycles. The van der Waals surface area contributed by atoms with Gasteiger partial charge in [0.2, 0.25) is 5.91 Å². The highest BCUT2D eigenvalue weighted by Crippen LogP contribution is 2.19. The first-order valence-corrected chi connectivity index (χ1v) is 8.48. The molecule has 2 atom stereocenters. The van der Waals surface area contributed by atoms with E-state index in [0.29, 0.717) is 18.1 Å². The van der Waals surface area contributed by atoms with Gasteiger partial charge in [0.15, 0.2) is 5.13 Å². The van der Waals surface area contributed by atoms with Crippen molar-refractivity contribution in [2.24, 2.45) is 0 Å². The molecule has 1 aromatic heterocycles. The fourth-order valence-corrected chi connectivity index (χ4v) is 3.60. The van der Waals surface area contributed by atoms with Gasteiger partial charge in [-0.2, -0.15) is 0 Å². The van der Waals surface area contributed by atoms with Crippen molar-refractivity contribution < 1.29 is 9.90 Å². The van der Waals surface area contributed by atoms with Crippen molar-refractivity contribution in [2.45, 2.75) is 44.4 Å². The van der Waals surface area contributed by atoms with Gasteiger partial charge in [0, 0.05) is 18.5 Å². The van der Waals surface area contributed by atoms with E-state index in [0.717, 1.165) is 25.3 Å². The molecular weight excluding hydrogens is 288 g/mol. The van der Waals surface area contributed by atoms with Crippen molar-refractivity contribution >= 4 is 22.4 Å². The number of amides is 1. The molecule has 0 bridgehead atoms. The van der Waals surface area contributed by atoms with Crippen LogP contribution < -0.4 is 10.6 Å². The van der Waals surface area contributed by atoms with Crippen LogP contribution >= 0.6 is 11.3 Å². The zero-order valence-corrected chi connectivity index (χ0v) is 12.9. The predicted molar refractivity (Wildman–Crippen MR) is 82.3 cm³/mol. The van der Waals surface area contributed by atoms with Gasteiger partial charge in [0.1, 0.15) is 0 Å². The van der Waals surface area contributed by atoms with Crippen LogP contribution in [0.5, 0.6) is 0 Å². The number of hydrogen-bond acceptors (Lipinski definition) is 6. The fourth-order valence-electron chi connectivity index (χ4n) is 2.89. The van der Waals surface area contributed by atoms with Crippen LogP contribution in [0, 0.1) is 0 Å². The standard InChI is InChI=1S/C14H22N4O2S/c19-11-6-12(15-7-11)13(20)17-14-16-10(9-21-14)8-18-4-2-1-3-5-18/h9,11-12,15,19H,1-8H2,(H,16,17,20)/t11-,12-/m1/s1. The van der Waals surface area contributed by atoms with Crippen LogP contribution in [0.3, 0.4) is 0 Å². The summed E-state index contributed by atoms with van der Waals surface area (Å²) < 4.78 is 0. The Morgan fingerprint density at radius 1 is 1.48 bits per heavy atom. The maximum absolute atomic E-state index is 12.0. The first kappa shape index (κ1) is 14.9. The Bertz CT molecular complexity index is 487. The number of aromatic nitrogens is 1. The Morgan fingerprint density at radius 3 is 3.00 bits per heavy atom. The predicted octanol–water partition coefficient (Wildman–Crippen LogP) is 0.790. The van der Waals surface area contributed by atoms with Crippen LogP contribution in [0.2, 0.25) is 0 Å². The summed E-state index contributed by atoms with van der Waals surface area (Å²) >= 11 is 1.47. The molecule has 2 fully saturated rings. The normalized spacial score (nSPS) is 26.9. The van der Waals surface area contributed by atoms with Gasteiger partial charge in [-0.05, 0) is 32.4 Å². The minimum absolute atomic E-state index is 0.106. The van der Waals surface area contributed by atoms with Crippen LogP contribution in [0.15, 0.2) is 5.38 Å². The zero-order chi connectivity index (χ0) is 14.7. The molecule has 7 heteroatoms. The fraction of sp³-hybridized carbons (Fsp3) is 0.714. The Balaban J connectivity index is 1.51. The topological polar surface area (TPSA) is 77.5 Å². The van der Waals surface area contributed by atoms with Gasteiger partial charge in [-0.15, -0.1) is 11.3 Å². The molecule has 6 nitrogen and oxygen atoms in total. The van der Waals surface area contributed by atoms with Crippen molar-refractivity contribution in [3.8, 4) is 0 Å². The molecule has 2 aliphatic rings. The molecular formula is C14H22N4O2S. The van der Waals surface area contributed by atoms with E-state index in [1.54, 1.807) is 0 Å². The molecule has 0 aromatic carbocycles. The smallest absolute Gasteiger partial charge is 0.243 e. The summed E-state index contributed by atoms with van der Waals surface area (Å²) in [5, 5.41) is 17.9. The van der Waals surface area contributed by atoms with Crippen LogP contribution in [-0.4, -0.2) is 52.7 Å². The van der Waals surface area contributed by atoms with Gasteiger partial charge in [-0.3, -0.25) is 9.69 Å². The molecule has 0 aliphatic carbocycles. The molecule has 0 radical (unpaired) electrons. The summed E-state index contributed by atoms with van der Waals surface area (Å²) in [6.07, 6.45) is 3.91. The van der Waals surface area contributed by atoms with Crippen LogP contribution in [-0.2, 0) is 11.3 Å². The molecule has 2 aliphatic heterocycles. The molecule has 0 saturated carbocycles. The van der Waals surface area contributed by atoms with E-state index in [2.05, 4.69) is 20.5 Å². The first-order chi connectivity index (χ1) is 10.2. The number of piperidine rings is 1. The molecule has 3 rings (SSSR count). The van der Waals surface area contributed by atoms with Gasteiger partial charge in [-0.1, -0.05) is 6.42 Å². The summed E-state index contributed by atoms with van der Waals surface area (Å²) in [7, 11) is 0. The minimum Gasteiger partial charge on any atom is -0.392 e. The van der Waals surface area contributed by atoms with E-state index in [-0.39, 0.29) is 11.9 Å². The van der Waals surface area contributed by atoms with Crippen molar-refractivity contribution in [1.29, 1.82) is 0 Å². The summed E-state index contributed by atoms with van der Waals surface area (Å²) in [6.45, 7) is 3.63. The summed E-state index contributed by atoms with van der Waals surface area (Å²) in [6, 6.07) is -0.311. The number of rotatable bonds is 4. The SMILES string of the molecule is O=C(Nc1nc(CN2CCCCC2)cs1)[C@H]1C[C@@H](O)CN1. The molecule has 1 aromatic rings. The van der Waals surface area contributed by atoms with Gasteiger partial charge in [-0.25, -0.2) is 4.98 Å². The third-order valence-corrected chi connectivity index (χ3v) is 4.85. The number of β-amino-alcohol motifs (C(OH)–C–C–N with tert-alkyl or cyclic N) is 1. The second-order valence-corrected chi connectivity index (χ2v) is 6.68. The highest BCUT2D eigenvalue weighted by atomic mass is 32.1. The Morgan fingerprint density at radius 2 is 2.29 bits per heavy atom. The molecule has 21 heavy (non-hydrogen) atoms. The van der Waals surface area contributed by atoms with Gasteiger partial charge in [0.25, 0.3) is 0 Å². The van der Waals surface area contributed by atoms with Crippen LogP contribution in [0.25, 0.3) is 0 Å². The molecule has 0 spiro atoms. The number of carbonyl (C=O) groups excluding carboxylic acids is 1. The Kier molecular flexibility index (Phi) is 4.84.